The van der Waals surface area contributed by atoms with Gasteiger partial charge in [-0.2, -0.15) is 0 Å². The molecular weight excluding hydrogens is 419 g/mol. The van der Waals surface area contributed by atoms with E-state index in [1.807, 2.05) is 13.0 Å². The molecule has 0 aliphatic heterocycles. The molecule has 3 rings (SSSR count). The van der Waals surface area contributed by atoms with Crippen molar-refractivity contribution in [2.75, 3.05) is 14.2 Å². The zero-order chi connectivity index (χ0) is 17.3. The van der Waals surface area contributed by atoms with E-state index in [-0.39, 0.29) is 5.97 Å². The number of halogens is 1. The first-order valence-electron chi connectivity index (χ1n) is 8.01. The van der Waals surface area contributed by atoms with Crippen molar-refractivity contribution >= 4 is 28.6 Å². The summed E-state index contributed by atoms with van der Waals surface area (Å²) < 4.78 is 11.1. The number of ether oxygens (including phenoxy) is 2. The number of nitrogens with zero attached hydrogens (tertiary/aromatic N) is 1. The van der Waals surface area contributed by atoms with Gasteiger partial charge in [-0.3, -0.25) is 0 Å². The smallest absolute Gasteiger partial charge is 0.338 e. The molecule has 1 saturated carbocycles. The van der Waals surface area contributed by atoms with Crippen LogP contribution >= 0.6 is 22.6 Å². The molecule has 1 aliphatic carbocycles. The van der Waals surface area contributed by atoms with Crippen LogP contribution in [0.25, 0.3) is 11.3 Å². The second-order valence-electron chi connectivity index (χ2n) is 6.15. The SMILES string of the molecule is COCc1nc(-c2cc(C(=O)OC)c(C)cc2C2CCC2)c(I)[nH]1. The average Bonchev–Trinajstić information content (AvgIpc) is 2.86. The maximum Gasteiger partial charge on any atom is 0.338 e. The fraction of sp³-hybridized carbons (Fsp3) is 0.444. The first-order valence-corrected chi connectivity index (χ1v) is 9.09. The second kappa shape index (κ2) is 7.23. The minimum Gasteiger partial charge on any atom is -0.465 e. The fourth-order valence-corrected chi connectivity index (χ4v) is 3.83. The van der Waals surface area contributed by atoms with Gasteiger partial charge in [-0.05, 0) is 65.5 Å². The largest absolute Gasteiger partial charge is 0.465 e. The lowest BCUT2D eigenvalue weighted by atomic mass is 9.76. The lowest BCUT2D eigenvalue weighted by Gasteiger charge is -2.28. The predicted molar refractivity (Wildman–Crippen MR) is 100 cm³/mol. The highest BCUT2D eigenvalue weighted by atomic mass is 127. The molecular formula is C18H21IN2O3. The molecule has 1 N–H and O–H groups in total. The Balaban J connectivity index is 2.14. The van der Waals surface area contributed by atoms with Gasteiger partial charge in [-0.25, -0.2) is 9.78 Å². The van der Waals surface area contributed by atoms with Gasteiger partial charge < -0.3 is 14.5 Å². The molecule has 1 heterocycles. The maximum atomic E-state index is 12.1. The Labute approximate surface area is 155 Å². The van der Waals surface area contributed by atoms with E-state index in [2.05, 4.69) is 38.6 Å². The Hall–Kier alpha value is -1.41. The van der Waals surface area contributed by atoms with Gasteiger partial charge in [0.25, 0.3) is 0 Å². The molecule has 6 heteroatoms. The lowest BCUT2D eigenvalue weighted by Crippen LogP contribution is -2.13. The normalized spacial score (nSPS) is 14.5. The van der Waals surface area contributed by atoms with E-state index in [0.29, 0.717) is 18.1 Å². The number of carbonyl (C=O) groups is 1. The quantitative estimate of drug-likeness (QED) is 0.560. The van der Waals surface area contributed by atoms with Gasteiger partial charge in [0, 0.05) is 12.7 Å². The number of imidazole rings is 1. The van der Waals surface area contributed by atoms with Crippen LogP contribution in [-0.4, -0.2) is 30.2 Å². The van der Waals surface area contributed by atoms with Crippen LogP contribution in [0.1, 0.15) is 52.5 Å². The number of nitrogens with one attached hydrogen (secondary N) is 1. The number of aromatic nitrogens is 2. The number of rotatable bonds is 5. The molecule has 0 amide bonds. The van der Waals surface area contributed by atoms with E-state index >= 15 is 0 Å². The third-order valence-electron chi connectivity index (χ3n) is 4.59. The monoisotopic (exact) mass is 440 g/mol. The molecule has 1 aromatic heterocycles. The summed E-state index contributed by atoms with van der Waals surface area (Å²) in [5.74, 6) is 1.02. The number of hydrogen-bond donors (Lipinski definition) is 1. The lowest BCUT2D eigenvalue weighted by molar-refractivity contribution is 0.0600. The van der Waals surface area contributed by atoms with Crippen LogP contribution in [0.2, 0.25) is 0 Å². The summed E-state index contributed by atoms with van der Waals surface area (Å²) in [6.07, 6.45) is 3.64. The number of esters is 1. The standard InChI is InChI=1S/C18H21IN2O3/c1-10-7-13(11-5-4-6-11)14(8-12(10)18(22)24-3)16-17(19)21-15(20-16)9-23-2/h7-8,11H,4-6,9H2,1-3H3,(H,20,21). The van der Waals surface area contributed by atoms with Crippen molar-refractivity contribution < 1.29 is 14.3 Å². The van der Waals surface area contributed by atoms with Crippen LogP contribution < -0.4 is 0 Å². The second-order valence-corrected chi connectivity index (χ2v) is 7.23. The summed E-state index contributed by atoms with van der Waals surface area (Å²) in [6.45, 7) is 2.40. The van der Waals surface area contributed by atoms with E-state index < -0.39 is 0 Å². The molecule has 1 aromatic carbocycles. The molecule has 0 radical (unpaired) electrons. The number of methoxy groups -OCH3 is 2. The van der Waals surface area contributed by atoms with Crippen molar-refractivity contribution in [3.05, 3.63) is 38.3 Å². The van der Waals surface area contributed by atoms with Gasteiger partial charge in [0.15, 0.2) is 0 Å². The molecule has 2 aromatic rings. The number of aromatic amines is 1. The van der Waals surface area contributed by atoms with Crippen molar-refractivity contribution in [1.29, 1.82) is 0 Å². The minimum absolute atomic E-state index is 0.309. The van der Waals surface area contributed by atoms with Gasteiger partial charge in [-0.15, -0.1) is 0 Å². The van der Waals surface area contributed by atoms with Crippen molar-refractivity contribution in [2.24, 2.45) is 0 Å². The highest BCUT2D eigenvalue weighted by Crippen LogP contribution is 2.42. The summed E-state index contributed by atoms with van der Waals surface area (Å²) in [7, 11) is 3.06. The molecule has 0 atom stereocenters. The molecule has 24 heavy (non-hydrogen) atoms. The van der Waals surface area contributed by atoms with E-state index in [9.17, 15) is 4.79 Å². The van der Waals surface area contributed by atoms with Crippen LogP contribution in [0.5, 0.6) is 0 Å². The van der Waals surface area contributed by atoms with Crippen molar-refractivity contribution in [1.82, 2.24) is 9.97 Å². The number of carbonyl (C=O) groups excluding carboxylic acids is 1. The minimum atomic E-state index is -0.309. The summed E-state index contributed by atoms with van der Waals surface area (Å²) >= 11 is 2.25. The maximum absolute atomic E-state index is 12.1. The molecule has 0 saturated heterocycles. The van der Waals surface area contributed by atoms with E-state index in [1.54, 1.807) is 7.11 Å². The highest BCUT2D eigenvalue weighted by Gasteiger charge is 2.27. The Kier molecular flexibility index (Phi) is 5.24. The Morgan fingerprint density at radius 2 is 2.12 bits per heavy atom. The first-order chi connectivity index (χ1) is 11.5. The van der Waals surface area contributed by atoms with Crippen LogP contribution in [0, 0.1) is 10.6 Å². The van der Waals surface area contributed by atoms with E-state index in [1.165, 1.54) is 31.9 Å². The third-order valence-corrected chi connectivity index (χ3v) is 5.37. The van der Waals surface area contributed by atoms with Gasteiger partial charge in [0.1, 0.15) is 21.8 Å². The zero-order valence-electron chi connectivity index (χ0n) is 14.1. The summed E-state index contributed by atoms with van der Waals surface area (Å²) in [4.78, 5) is 20.0. The molecule has 1 fully saturated rings. The van der Waals surface area contributed by atoms with Crippen LogP contribution in [0.15, 0.2) is 12.1 Å². The molecule has 5 nitrogen and oxygen atoms in total. The number of aryl methyl sites for hydroxylation is 1. The summed E-state index contributed by atoms with van der Waals surface area (Å²) in [6, 6.07) is 4.07. The molecule has 0 unspecified atom stereocenters. The number of H-pyrrole nitrogens is 1. The van der Waals surface area contributed by atoms with E-state index in [4.69, 9.17) is 9.47 Å². The fourth-order valence-electron chi connectivity index (χ4n) is 3.10. The predicted octanol–water partition coefficient (Wildman–Crippen LogP) is 4.19. The molecule has 128 valence electrons. The topological polar surface area (TPSA) is 64.2 Å². The Bertz CT molecular complexity index is 766. The van der Waals surface area contributed by atoms with Crippen molar-refractivity contribution in [2.45, 2.75) is 38.7 Å². The van der Waals surface area contributed by atoms with Gasteiger partial charge in [0.2, 0.25) is 0 Å². The zero-order valence-corrected chi connectivity index (χ0v) is 16.3. The third kappa shape index (κ3) is 3.21. The van der Waals surface area contributed by atoms with Gasteiger partial charge in [-0.1, -0.05) is 12.5 Å². The molecule has 0 spiro atoms. The Morgan fingerprint density at radius 3 is 2.71 bits per heavy atom. The van der Waals surface area contributed by atoms with Gasteiger partial charge >= 0.3 is 5.97 Å². The van der Waals surface area contributed by atoms with Crippen LogP contribution in [0.3, 0.4) is 0 Å². The number of hydrogen-bond acceptors (Lipinski definition) is 4. The highest BCUT2D eigenvalue weighted by molar-refractivity contribution is 14.1. The van der Waals surface area contributed by atoms with Crippen LogP contribution in [0.4, 0.5) is 0 Å². The van der Waals surface area contributed by atoms with Crippen molar-refractivity contribution in [3.8, 4) is 11.3 Å². The average molecular weight is 440 g/mol. The van der Waals surface area contributed by atoms with Gasteiger partial charge in [0.05, 0.1) is 12.7 Å². The number of benzene rings is 1. The van der Waals surface area contributed by atoms with Crippen LogP contribution in [-0.2, 0) is 16.1 Å². The summed E-state index contributed by atoms with van der Waals surface area (Å²) in [5.41, 5.74) is 4.74. The van der Waals surface area contributed by atoms with E-state index in [0.717, 1.165) is 26.3 Å². The Morgan fingerprint density at radius 1 is 1.38 bits per heavy atom. The van der Waals surface area contributed by atoms with Crippen molar-refractivity contribution in [3.63, 3.8) is 0 Å². The summed E-state index contributed by atoms with van der Waals surface area (Å²) in [5, 5.41) is 0. The first kappa shape index (κ1) is 17.4. The molecule has 0 bridgehead atoms. The molecule has 1 aliphatic rings.